The number of ether oxygens (including phenoxy) is 1. The number of carbonyl (C=O) groups is 1. The van der Waals surface area contributed by atoms with Gasteiger partial charge in [-0.25, -0.2) is 0 Å². The molecule has 1 amide bonds. The Bertz CT molecular complexity index is 499. The third kappa shape index (κ3) is 4.11. The first-order valence-corrected chi connectivity index (χ1v) is 7.95. The van der Waals surface area contributed by atoms with Gasteiger partial charge in [-0.15, -0.1) is 0 Å². The molecular formula is C16H23ClN2O2. The summed E-state index contributed by atoms with van der Waals surface area (Å²) in [5.41, 5.74) is 6.07. The summed E-state index contributed by atoms with van der Waals surface area (Å²) in [6, 6.07) is 5.23. The van der Waals surface area contributed by atoms with Gasteiger partial charge in [-0.3, -0.25) is 4.79 Å². The predicted molar refractivity (Wildman–Crippen MR) is 85.9 cm³/mol. The number of rotatable bonds is 5. The van der Waals surface area contributed by atoms with Crippen LogP contribution in [0.4, 0.5) is 5.69 Å². The predicted octanol–water partition coefficient (Wildman–Crippen LogP) is 3.73. The number of halogens is 1. The molecular weight excluding hydrogens is 288 g/mol. The first kappa shape index (κ1) is 16.1. The highest BCUT2D eigenvalue weighted by Crippen LogP contribution is 2.31. The molecule has 1 aromatic carbocycles. The second-order valence-electron chi connectivity index (χ2n) is 5.66. The van der Waals surface area contributed by atoms with Crippen LogP contribution >= 0.6 is 11.6 Å². The highest BCUT2D eigenvalue weighted by Gasteiger charge is 2.35. The largest absolute Gasteiger partial charge is 0.491 e. The molecule has 1 aliphatic rings. The van der Waals surface area contributed by atoms with E-state index in [-0.39, 0.29) is 5.91 Å². The molecule has 0 unspecified atom stereocenters. The Hall–Kier alpha value is -1.26. The molecule has 1 fully saturated rings. The molecule has 116 valence electrons. The van der Waals surface area contributed by atoms with Gasteiger partial charge in [0.25, 0.3) is 0 Å². The van der Waals surface area contributed by atoms with E-state index in [0.29, 0.717) is 23.1 Å². The molecule has 4 nitrogen and oxygen atoms in total. The summed E-state index contributed by atoms with van der Waals surface area (Å²) in [6.07, 6.45) is 5.50. The van der Waals surface area contributed by atoms with Crippen molar-refractivity contribution in [2.45, 2.75) is 51.0 Å². The second-order valence-corrected chi connectivity index (χ2v) is 6.10. The van der Waals surface area contributed by atoms with Crippen LogP contribution in [0.1, 0.15) is 45.4 Å². The van der Waals surface area contributed by atoms with Crippen molar-refractivity contribution in [3.8, 4) is 5.75 Å². The molecule has 5 heteroatoms. The minimum absolute atomic E-state index is 0.147. The first-order chi connectivity index (χ1) is 10.0. The number of nitrogens with two attached hydrogens (primary N) is 1. The lowest BCUT2D eigenvalue weighted by atomic mass is 9.82. The Kier molecular flexibility index (Phi) is 5.48. The van der Waals surface area contributed by atoms with Crippen LogP contribution in [-0.2, 0) is 4.79 Å². The van der Waals surface area contributed by atoms with Gasteiger partial charge in [0.05, 0.1) is 17.8 Å². The van der Waals surface area contributed by atoms with Gasteiger partial charge in [-0.05, 0) is 37.5 Å². The summed E-state index contributed by atoms with van der Waals surface area (Å²) in [4.78, 5) is 12.5. The molecule has 0 aliphatic heterocycles. The van der Waals surface area contributed by atoms with E-state index in [1.165, 1.54) is 0 Å². The normalized spacial score (nSPS) is 17.3. The molecule has 1 aliphatic carbocycles. The number of hydrogen-bond acceptors (Lipinski definition) is 3. The number of anilines is 1. The Morgan fingerprint density at radius 1 is 1.38 bits per heavy atom. The number of nitrogens with one attached hydrogen (secondary N) is 1. The highest BCUT2D eigenvalue weighted by molar-refractivity contribution is 6.31. The minimum Gasteiger partial charge on any atom is -0.491 e. The SMILES string of the molecule is CCCOc1ccc(Cl)cc1NC(=O)C1(N)CCCCC1. The smallest absolute Gasteiger partial charge is 0.244 e. The molecule has 3 N–H and O–H groups in total. The van der Waals surface area contributed by atoms with Crippen LogP contribution in [0.25, 0.3) is 0 Å². The fourth-order valence-electron chi connectivity index (χ4n) is 2.59. The molecule has 0 heterocycles. The molecule has 0 radical (unpaired) electrons. The van der Waals surface area contributed by atoms with E-state index in [0.717, 1.165) is 38.5 Å². The summed E-state index contributed by atoms with van der Waals surface area (Å²) in [5.74, 6) is 0.486. The maximum absolute atomic E-state index is 12.5. The summed E-state index contributed by atoms with van der Waals surface area (Å²) in [5, 5.41) is 3.46. The molecule has 1 saturated carbocycles. The quantitative estimate of drug-likeness (QED) is 0.871. The maximum Gasteiger partial charge on any atom is 0.244 e. The fraction of sp³-hybridized carbons (Fsp3) is 0.562. The highest BCUT2D eigenvalue weighted by atomic mass is 35.5. The van der Waals surface area contributed by atoms with E-state index in [4.69, 9.17) is 22.1 Å². The van der Waals surface area contributed by atoms with Gasteiger partial charge in [0.2, 0.25) is 5.91 Å². The van der Waals surface area contributed by atoms with E-state index in [9.17, 15) is 4.79 Å². The van der Waals surface area contributed by atoms with Crippen molar-refractivity contribution >= 4 is 23.2 Å². The Morgan fingerprint density at radius 3 is 2.76 bits per heavy atom. The Morgan fingerprint density at radius 2 is 2.10 bits per heavy atom. The Balaban J connectivity index is 2.13. The van der Waals surface area contributed by atoms with Crippen molar-refractivity contribution in [3.05, 3.63) is 23.2 Å². The summed E-state index contributed by atoms with van der Waals surface area (Å²) < 4.78 is 5.65. The van der Waals surface area contributed by atoms with Gasteiger partial charge in [0.15, 0.2) is 0 Å². The third-order valence-corrected chi connectivity index (χ3v) is 4.08. The molecule has 0 spiro atoms. The van der Waals surface area contributed by atoms with Crippen LogP contribution in [0, 0.1) is 0 Å². The molecule has 21 heavy (non-hydrogen) atoms. The fourth-order valence-corrected chi connectivity index (χ4v) is 2.77. The average molecular weight is 311 g/mol. The molecule has 0 aromatic heterocycles. The topological polar surface area (TPSA) is 64.3 Å². The summed E-state index contributed by atoms with van der Waals surface area (Å²) in [6.45, 7) is 2.63. The van der Waals surface area contributed by atoms with E-state index >= 15 is 0 Å². The van der Waals surface area contributed by atoms with E-state index < -0.39 is 5.54 Å². The van der Waals surface area contributed by atoms with Crippen molar-refractivity contribution in [1.82, 2.24) is 0 Å². The zero-order valence-electron chi connectivity index (χ0n) is 12.5. The van der Waals surface area contributed by atoms with Gasteiger partial charge >= 0.3 is 0 Å². The van der Waals surface area contributed by atoms with Crippen LogP contribution < -0.4 is 15.8 Å². The number of carbonyl (C=O) groups excluding carboxylic acids is 1. The van der Waals surface area contributed by atoms with Gasteiger partial charge in [0, 0.05) is 5.02 Å². The van der Waals surface area contributed by atoms with Crippen molar-refractivity contribution in [2.24, 2.45) is 5.73 Å². The monoisotopic (exact) mass is 310 g/mol. The average Bonchev–Trinajstić information content (AvgIpc) is 2.47. The standard InChI is InChI=1S/C16H23ClN2O2/c1-2-10-21-14-7-6-12(17)11-13(14)19-15(20)16(18)8-4-3-5-9-16/h6-7,11H,2-5,8-10,18H2,1H3,(H,19,20). The van der Waals surface area contributed by atoms with Crippen LogP contribution in [0.3, 0.4) is 0 Å². The van der Waals surface area contributed by atoms with Crippen molar-refractivity contribution in [1.29, 1.82) is 0 Å². The van der Waals surface area contributed by atoms with E-state index in [1.807, 2.05) is 6.92 Å². The lowest BCUT2D eigenvalue weighted by Gasteiger charge is -2.32. The molecule has 0 bridgehead atoms. The van der Waals surface area contributed by atoms with Gasteiger partial charge < -0.3 is 15.8 Å². The first-order valence-electron chi connectivity index (χ1n) is 7.58. The number of benzene rings is 1. The lowest BCUT2D eigenvalue weighted by Crippen LogP contribution is -2.52. The van der Waals surface area contributed by atoms with Crippen molar-refractivity contribution in [2.75, 3.05) is 11.9 Å². The van der Waals surface area contributed by atoms with Crippen molar-refractivity contribution in [3.63, 3.8) is 0 Å². The third-order valence-electron chi connectivity index (χ3n) is 3.85. The maximum atomic E-state index is 12.5. The minimum atomic E-state index is -0.775. The summed E-state index contributed by atoms with van der Waals surface area (Å²) >= 11 is 6.02. The molecule has 2 rings (SSSR count). The van der Waals surface area contributed by atoms with Crippen LogP contribution in [0.15, 0.2) is 18.2 Å². The van der Waals surface area contributed by atoms with Crippen molar-refractivity contribution < 1.29 is 9.53 Å². The van der Waals surface area contributed by atoms with Gasteiger partial charge in [-0.1, -0.05) is 37.8 Å². The second kappa shape index (κ2) is 7.14. The number of hydrogen-bond donors (Lipinski definition) is 2. The zero-order valence-corrected chi connectivity index (χ0v) is 13.2. The van der Waals surface area contributed by atoms with Crippen LogP contribution in [-0.4, -0.2) is 18.1 Å². The van der Waals surface area contributed by atoms with Gasteiger partial charge in [-0.2, -0.15) is 0 Å². The van der Waals surface area contributed by atoms with E-state index in [2.05, 4.69) is 5.32 Å². The van der Waals surface area contributed by atoms with Crippen LogP contribution in [0.5, 0.6) is 5.75 Å². The number of amides is 1. The summed E-state index contributed by atoms with van der Waals surface area (Å²) in [7, 11) is 0. The van der Waals surface area contributed by atoms with E-state index in [1.54, 1.807) is 18.2 Å². The Labute approximate surface area is 131 Å². The van der Waals surface area contributed by atoms with Crippen LogP contribution in [0.2, 0.25) is 5.02 Å². The molecule has 0 atom stereocenters. The molecule has 0 saturated heterocycles. The molecule has 1 aromatic rings. The lowest BCUT2D eigenvalue weighted by molar-refractivity contribution is -0.122. The van der Waals surface area contributed by atoms with Gasteiger partial charge in [0.1, 0.15) is 5.75 Å². The zero-order chi connectivity index (χ0) is 15.3.